The summed E-state index contributed by atoms with van der Waals surface area (Å²) < 4.78 is 0. The summed E-state index contributed by atoms with van der Waals surface area (Å²) in [5.74, 6) is 0.629. The van der Waals surface area contributed by atoms with Gasteiger partial charge in [-0.3, -0.25) is 9.89 Å². The van der Waals surface area contributed by atoms with Crippen molar-refractivity contribution in [1.29, 1.82) is 0 Å². The van der Waals surface area contributed by atoms with Gasteiger partial charge in [0.15, 0.2) is 0 Å². The molecular weight excluding hydrogens is 228 g/mol. The molecule has 2 N–H and O–H groups in total. The summed E-state index contributed by atoms with van der Waals surface area (Å²) in [6, 6.07) is 2.01. The van der Waals surface area contributed by atoms with Gasteiger partial charge in [0.25, 0.3) is 0 Å². The predicted molar refractivity (Wildman–Crippen MR) is 70.3 cm³/mol. The average molecular weight is 250 g/mol. The second-order valence-corrected chi connectivity index (χ2v) is 4.87. The van der Waals surface area contributed by atoms with Crippen molar-refractivity contribution in [2.45, 2.75) is 32.1 Å². The Morgan fingerprint density at radius 3 is 3.28 bits per heavy atom. The van der Waals surface area contributed by atoms with Crippen molar-refractivity contribution in [2.24, 2.45) is 0 Å². The van der Waals surface area contributed by atoms with Gasteiger partial charge in [-0.1, -0.05) is 6.92 Å². The van der Waals surface area contributed by atoms with Gasteiger partial charge < -0.3 is 10.2 Å². The zero-order valence-electron chi connectivity index (χ0n) is 11.0. The van der Waals surface area contributed by atoms with Crippen LogP contribution in [0.3, 0.4) is 0 Å². The monoisotopic (exact) mass is 250 g/mol. The van der Waals surface area contributed by atoms with E-state index in [4.69, 9.17) is 0 Å². The van der Waals surface area contributed by atoms with Crippen LogP contribution in [0.2, 0.25) is 0 Å². The highest BCUT2D eigenvalue weighted by atomic mass is 16.2. The number of hydrogen-bond acceptors (Lipinski definition) is 3. The van der Waals surface area contributed by atoms with E-state index < -0.39 is 0 Å². The quantitative estimate of drug-likeness (QED) is 0.770. The Balaban J connectivity index is 1.84. The van der Waals surface area contributed by atoms with Crippen molar-refractivity contribution in [3.63, 3.8) is 0 Å². The lowest BCUT2D eigenvalue weighted by Crippen LogP contribution is -2.43. The molecule has 5 nitrogen and oxygen atoms in total. The number of hydrogen-bond donors (Lipinski definition) is 2. The maximum absolute atomic E-state index is 12.0. The third-order valence-corrected chi connectivity index (χ3v) is 3.44. The zero-order chi connectivity index (χ0) is 12.8. The molecule has 0 aliphatic carbocycles. The fourth-order valence-electron chi connectivity index (χ4n) is 2.44. The minimum absolute atomic E-state index is 0.215. The standard InChI is InChI=1S/C13H22N4O/c1-2-6-14-9-13(18)17-8-3-4-11(10-17)12-5-7-15-16-12/h5,7,11,14H,2-4,6,8-10H2,1H3,(H,15,16). The van der Waals surface area contributed by atoms with E-state index in [1.807, 2.05) is 11.0 Å². The fraction of sp³-hybridized carbons (Fsp3) is 0.692. The van der Waals surface area contributed by atoms with E-state index in [1.54, 1.807) is 6.20 Å². The second-order valence-electron chi connectivity index (χ2n) is 4.87. The van der Waals surface area contributed by atoms with E-state index in [2.05, 4.69) is 22.4 Å². The molecule has 1 saturated heterocycles. The average Bonchev–Trinajstić information content (AvgIpc) is 2.93. The van der Waals surface area contributed by atoms with Gasteiger partial charge in [0.05, 0.1) is 6.54 Å². The van der Waals surface area contributed by atoms with Gasteiger partial charge in [-0.25, -0.2) is 0 Å². The zero-order valence-corrected chi connectivity index (χ0v) is 11.0. The highest BCUT2D eigenvalue weighted by Crippen LogP contribution is 2.24. The Labute approximate surface area is 108 Å². The Hall–Kier alpha value is -1.36. The first-order valence-corrected chi connectivity index (χ1v) is 6.79. The maximum atomic E-state index is 12.0. The Morgan fingerprint density at radius 1 is 1.67 bits per heavy atom. The Bertz CT molecular complexity index is 363. The van der Waals surface area contributed by atoms with E-state index in [1.165, 1.54) is 0 Å². The number of amides is 1. The Kier molecular flexibility index (Phi) is 4.75. The summed E-state index contributed by atoms with van der Waals surface area (Å²) >= 11 is 0. The minimum atomic E-state index is 0.215. The van der Waals surface area contributed by atoms with Crippen molar-refractivity contribution in [3.05, 3.63) is 18.0 Å². The summed E-state index contributed by atoms with van der Waals surface area (Å²) in [6.07, 6.45) is 5.04. The molecule has 1 aliphatic heterocycles. The smallest absolute Gasteiger partial charge is 0.236 e. The number of nitrogens with zero attached hydrogens (tertiary/aromatic N) is 2. The number of likely N-dealkylation sites (tertiary alicyclic amines) is 1. The van der Waals surface area contributed by atoms with E-state index in [0.29, 0.717) is 12.5 Å². The number of piperidine rings is 1. The largest absolute Gasteiger partial charge is 0.341 e. The molecule has 0 bridgehead atoms. The van der Waals surface area contributed by atoms with Gasteiger partial charge in [-0.05, 0) is 31.9 Å². The molecule has 5 heteroatoms. The molecule has 1 fully saturated rings. The molecule has 0 spiro atoms. The highest BCUT2D eigenvalue weighted by Gasteiger charge is 2.24. The van der Waals surface area contributed by atoms with Gasteiger partial charge in [0.1, 0.15) is 0 Å². The van der Waals surface area contributed by atoms with Crippen molar-refractivity contribution in [1.82, 2.24) is 20.4 Å². The normalized spacial score (nSPS) is 20.1. The van der Waals surface area contributed by atoms with Crippen LogP contribution in [-0.2, 0) is 4.79 Å². The molecule has 1 amide bonds. The van der Waals surface area contributed by atoms with Gasteiger partial charge in [-0.2, -0.15) is 5.10 Å². The van der Waals surface area contributed by atoms with Crippen LogP contribution in [0.5, 0.6) is 0 Å². The summed E-state index contributed by atoms with van der Waals surface area (Å²) in [6.45, 7) is 5.17. The van der Waals surface area contributed by atoms with Crippen LogP contribution in [0.15, 0.2) is 12.3 Å². The van der Waals surface area contributed by atoms with Gasteiger partial charge in [0, 0.05) is 30.9 Å². The highest BCUT2D eigenvalue weighted by molar-refractivity contribution is 5.78. The predicted octanol–water partition coefficient (Wildman–Crippen LogP) is 1.12. The van der Waals surface area contributed by atoms with Gasteiger partial charge >= 0.3 is 0 Å². The summed E-state index contributed by atoms with van der Waals surface area (Å²) in [7, 11) is 0. The molecular formula is C13H22N4O. The number of carbonyl (C=O) groups is 1. The minimum Gasteiger partial charge on any atom is -0.341 e. The molecule has 0 aromatic carbocycles. The molecule has 1 aromatic rings. The van der Waals surface area contributed by atoms with Crippen molar-refractivity contribution in [2.75, 3.05) is 26.2 Å². The van der Waals surface area contributed by atoms with Crippen molar-refractivity contribution >= 4 is 5.91 Å². The molecule has 0 radical (unpaired) electrons. The number of aromatic amines is 1. The summed E-state index contributed by atoms with van der Waals surface area (Å²) in [5, 5.41) is 10.2. The molecule has 1 aromatic heterocycles. The molecule has 1 atom stereocenters. The first-order chi connectivity index (χ1) is 8.81. The lowest BCUT2D eigenvalue weighted by Gasteiger charge is -2.32. The summed E-state index contributed by atoms with van der Waals surface area (Å²) in [4.78, 5) is 14.0. The van der Waals surface area contributed by atoms with Gasteiger partial charge in [-0.15, -0.1) is 0 Å². The number of nitrogens with one attached hydrogen (secondary N) is 2. The van der Waals surface area contributed by atoms with E-state index in [0.717, 1.165) is 44.6 Å². The number of rotatable bonds is 5. The third-order valence-electron chi connectivity index (χ3n) is 3.44. The van der Waals surface area contributed by atoms with Crippen LogP contribution < -0.4 is 5.32 Å². The molecule has 0 saturated carbocycles. The van der Waals surface area contributed by atoms with Crippen LogP contribution in [0.25, 0.3) is 0 Å². The topological polar surface area (TPSA) is 61.0 Å². The molecule has 1 unspecified atom stereocenters. The first-order valence-electron chi connectivity index (χ1n) is 6.79. The van der Waals surface area contributed by atoms with Crippen LogP contribution in [-0.4, -0.2) is 47.2 Å². The van der Waals surface area contributed by atoms with E-state index in [9.17, 15) is 4.79 Å². The first kappa shape index (κ1) is 13.1. The number of aromatic nitrogens is 2. The lowest BCUT2D eigenvalue weighted by molar-refractivity contribution is -0.131. The number of carbonyl (C=O) groups excluding carboxylic acids is 1. The van der Waals surface area contributed by atoms with Crippen LogP contribution in [0.1, 0.15) is 37.8 Å². The molecule has 100 valence electrons. The fourth-order valence-corrected chi connectivity index (χ4v) is 2.44. The Morgan fingerprint density at radius 2 is 2.56 bits per heavy atom. The third kappa shape index (κ3) is 3.32. The SMILES string of the molecule is CCCNCC(=O)N1CCCC(c2ccn[nH]2)C1. The van der Waals surface area contributed by atoms with Crippen LogP contribution in [0, 0.1) is 0 Å². The van der Waals surface area contributed by atoms with Crippen LogP contribution in [0.4, 0.5) is 0 Å². The van der Waals surface area contributed by atoms with Crippen molar-refractivity contribution in [3.8, 4) is 0 Å². The van der Waals surface area contributed by atoms with E-state index in [-0.39, 0.29) is 5.91 Å². The maximum Gasteiger partial charge on any atom is 0.236 e. The van der Waals surface area contributed by atoms with Crippen LogP contribution >= 0.6 is 0 Å². The van der Waals surface area contributed by atoms with Crippen molar-refractivity contribution < 1.29 is 4.79 Å². The molecule has 2 rings (SSSR count). The summed E-state index contributed by atoms with van der Waals surface area (Å²) in [5.41, 5.74) is 1.15. The number of H-pyrrole nitrogens is 1. The van der Waals surface area contributed by atoms with Gasteiger partial charge in [0.2, 0.25) is 5.91 Å². The van der Waals surface area contributed by atoms with E-state index >= 15 is 0 Å². The lowest BCUT2D eigenvalue weighted by atomic mass is 9.95. The molecule has 1 aliphatic rings. The molecule has 18 heavy (non-hydrogen) atoms. The molecule has 2 heterocycles. The second kappa shape index (κ2) is 6.54.